The normalized spacial score (nSPS) is 12.1. The molecular weight excluding hydrogens is 469 g/mol. The fourth-order valence-corrected chi connectivity index (χ4v) is 3.82. The Morgan fingerprint density at radius 2 is 1.88 bits per heavy atom. The molecule has 0 spiro atoms. The molecule has 1 atom stereocenters. The maximum Gasteiger partial charge on any atom is 0.490 e. The van der Waals surface area contributed by atoms with E-state index in [2.05, 4.69) is 67.4 Å². The molecule has 4 N–H and O–H groups in total. The average molecular weight is 493 g/mol. The number of halogens is 3. The monoisotopic (exact) mass is 492 g/mol. The van der Waals surface area contributed by atoms with Crippen molar-refractivity contribution in [1.82, 2.24) is 25.7 Å². The van der Waals surface area contributed by atoms with Crippen molar-refractivity contribution in [2.75, 3.05) is 18.9 Å². The molecular formula is C22H23F3N6O2S. The highest BCUT2D eigenvalue weighted by Crippen LogP contribution is 2.29. The molecule has 2 heterocycles. The summed E-state index contributed by atoms with van der Waals surface area (Å²) < 4.78 is 31.7. The summed E-state index contributed by atoms with van der Waals surface area (Å²) in [6.45, 7) is 2.79. The number of nitrogens with zero attached hydrogens (tertiary/aromatic N) is 3. The summed E-state index contributed by atoms with van der Waals surface area (Å²) >= 11 is 1.57. The number of anilines is 1. The zero-order valence-electron chi connectivity index (χ0n) is 18.3. The molecule has 34 heavy (non-hydrogen) atoms. The fraction of sp³-hybridized carbons (Fsp3) is 0.273. The van der Waals surface area contributed by atoms with Gasteiger partial charge in [-0.2, -0.15) is 18.3 Å². The van der Waals surface area contributed by atoms with Gasteiger partial charge in [-0.05, 0) is 44.2 Å². The molecule has 180 valence electrons. The lowest BCUT2D eigenvalue weighted by Crippen LogP contribution is -2.34. The van der Waals surface area contributed by atoms with E-state index in [9.17, 15) is 13.2 Å². The van der Waals surface area contributed by atoms with Crippen molar-refractivity contribution in [3.63, 3.8) is 0 Å². The van der Waals surface area contributed by atoms with Crippen LogP contribution in [0, 0.1) is 6.92 Å². The number of hydrogen-bond donors (Lipinski definition) is 4. The highest BCUT2D eigenvalue weighted by molar-refractivity contribution is 7.18. The number of nitrogens with one attached hydrogen (secondary N) is 3. The Bertz CT molecular complexity index is 1230. The maximum atomic E-state index is 10.6. The van der Waals surface area contributed by atoms with Crippen LogP contribution in [-0.4, -0.2) is 57.3 Å². The number of H-pyrrole nitrogens is 1. The molecule has 0 amide bonds. The van der Waals surface area contributed by atoms with Gasteiger partial charge in [0.15, 0.2) is 0 Å². The molecule has 0 aliphatic heterocycles. The lowest BCUT2D eigenvalue weighted by atomic mass is 10.1. The second kappa shape index (κ2) is 11.1. The van der Waals surface area contributed by atoms with E-state index < -0.39 is 12.1 Å². The minimum atomic E-state index is -5.08. The Morgan fingerprint density at radius 1 is 1.18 bits per heavy atom. The number of carboxylic acids is 1. The van der Waals surface area contributed by atoms with E-state index in [1.54, 1.807) is 11.3 Å². The number of carbonyl (C=O) groups is 1. The smallest absolute Gasteiger partial charge is 0.475 e. The van der Waals surface area contributed by atoms with E-state index in [1.165, 1.54) is 5.56 Å². The van der Waals surface area contributed by atoms with E-state index >= 15 is 0 Å². The first-order valence-corrected chi connectivity index (χ1v) is 11.0. The molecule has 0 aliphatic rings. The van der Waals surface area contributed by atoms with Gasteiger partial charge in [-0.25, -0.2) is 4.79 Å². The van der Waals surface area contributed by atoms with Crippen LogP contribution in [0.25, 0.3) is 21.5 Å². The molecule has 1 unspecified atom stereocenters. The second-order valence-corrected chi connectivity index (χ2v) is 8.32. The zero-order valence-corrected chi connectivity index (χ0v) is 19.2. The fourth-order valence-electron chi connectivity index (χ4n) is 3.08. The Kier molecular flexibility index (Phi) is 8.18. The highest BCUT2D eigenvalue weighted by atomic mass is 32.1. The summed E-state index contributed by atoms with van der Waals surface area (Å²) in [6, 6.07) is 17.0. The lowest BCUT2D eigenvalue weighted by Gasteiger charge is -2.16. The Balaban J connectivity index is 0.000000406. The molecule has 0 fully saturated rings. The van der Waals surface area contributed by atoms with Gasteiger partial charge >= 0.3 is 12.1 Å². The van der Waals surface area contributed by atoms with Crippen LogP contribution in [0.5, 0.6) is 0 Å². The number of aliphatic carboxylic acids is 1. The molecule has 0 bridgehead atoms. The Hall–Kier alpha value is -3.51. The van der Waals surface area contributed by atoms with Gasteiger partial charge in [0.25, 0.3) is 0 Å². The van der Waals surface area contributed by atoms with Crippen molar-refractivity contribution in [1.29, 1.82) is 0 Å². The van der Waals surface area contributed by atoms with Crippen LogP contribution in [0.15, 0.2) is 48.5 Å². The molecule has 0 saturated heterocycles. The van der Waals surface area contributed by atoms with Crippen molar-refractivity contribution in [3.05, 3.63) is 59.8 Å². The highest BCUT2D eigenvalue weighted by Gasteiger charge is 2.38. The van der Waals surface area contributed by atoms with Crippen LogP contribution < -0.4 is 10.6 Å². The molecule has 0 aliphatic carbocycles. The van der Waals surface area contributed by atoms with E-state index in [0.717, 1.165) is 45.3 Å². The van der Waals surface area contributed by atoms with Gasteiger partial charge in [-0.1, -0.05) is 41.7 Å². The lowest BCUT2D eigenvalue weighted by molar-refractivity contribution is -0.192. The zero-order chi connectivity index (χ0) is 24.7. The summed E-state index contributed by atoms with van der Waals surface area (Å²) in [5.41, 5.74) is 4.41. The Morgan fingerprint density at radius 3 is 2.53 bits per heavy atom. The molecule has 4 rings (SSSR count). The van der Waals surface area contributed by atoms with Crippen LogP contribution in [0.4, 0.5) is 18.3 Å². The van der Waals surface area contributed by atoms with Crippen molar-refractivity contribution < 1.29 is 23.1 Å². The summed E-state index contributed by atoms with van der Waals surface area (Å²) in [5.74, 6) is -2.76. The van der Waals surface area contributed by atoms with Crippen LogP contribution in [0.1, 0.15) is 11.3 Å². The van der Waals surface area contributed by atoms with Gasteiger partial charge in [0, 0.05) is 23.5 Å². The number of aryl methyl sites for hydroxylation is 1. The average Bonchev–Trinajstić information content (AvgIpc) is 3.44. The van der Waals surface area contributed by atoms with E-state index in [-0.39, 0.29) is 0 Å². The van der Waals surface area contributed by atoms with Gasteiger partial charge in [-0.15, -0.1) is 10.2 Å². The van der Waals surface area contributed by atoms with Crippen LogP contribution in [-0.2, 0) is 11.2 Å². The molecule has 8 nitrogen and oxygen atoms in total. The van der Waals surface area contributed by atoms with Crippen LogP contribution >= 0.6 is 11.3 Å². The number of rotatable bonds is 7. The van der Waals surface area contributed by atoms with Crippen LogP contribution in [0.3, 0.4) is 0 Å². The van der Waals surface area contributed by atoms with Crippen molar-refractivity contribution >= 4 is 33.3 Å². The first-order valence-electron chi connectivity index (χ1n) is 10.2. The van der Waals surface area contributed by atoms with Gasteiger partial charge in [0.05, 0.1) is 11.2 Å². The third-order valence-corrected chi connectivity index (χ3v) is 5.83. The molecule has 0 saturated carbocycles. The summed E-state index contributed by atoms with van der Waals surface area (Å²) in [6.07, 6.45) is -4.12. The predicted molar refractivity (Wildman–Crippen MR) is 125 cm³/mol. The topological polar surface area (TPSA) is 116 Å². The standard InChI is InChI=1S/C20H22N6S.C2HF3O2/c1-13-17-11-15(8-9-18(17)24-23-13)19-25-26-20(27-19)22-12-16(21-2)10-14-6-4-3-5-7-14;3-2(4,5)1(6)7/h3-9,11,16,21H,10,12H2,1-2H3,(H,22,26)(H,23,24);(H,6,7). The molecule has 12 heteroatoms. The van der Waals surface area contributed by atoms with Gasteiger partial charge < -0.3 is 15.7 Å². The SMILES string of the molecule is CNC(CNc1nnc(-c2ccc3[nH]nc(C)c3c2)s1)Cc1ccccc1.O=C(O)C(F)(F)F. The van der Waals surface area contributed by atoms with Crippen molar-refractivity contribution in [2.45, 2.75) is 25.6 Å². The number of hydrogen-bond acceptors (Lipinski definition) is 7. The largest absolute Gasteiger partial charge is 0.490 e. The third-order valence-electron chi connectivity index (χ3n) is 4.90. The number of alkyl halides is 3. The van der Waals surface area contributed by atoms with Gasteiger partial charge in [-0.3, -0.25) is 5.10 Å². The molecule has 4 aromatic rings. The van der Waals surface area contributed by atoms with E-state index in [4.69, 9.17) is 9.90 Å². The predicted octanol–water partition coefficient (Wildman–Crippen LogP) is 4.27. The van der Waals surface area contributed by atoms with Crippen molar-refractivity contribution in [2.24, 2.45) is 0 Å². The molecule has 0 radical (unpaired) electrons. The number of likely N-dealkylation sites (N-methyl/N-ethyl adjacent to an activating group) is 1. The van der Waals surface area contributed by atoms with Gasteiger partial charge in [0.1, 0.15) is 5.01 Å². The molecule has 2 aromatic heterocycles. The minimum absolute atomic E-state index is 0.324. The quantitative estimate of drug-likeness (QED) is 0.305. The summed E-state index contributed by atoms with van der Waals surface area (Å²) in [4.78, 5) is 8.90. The summed E-state index contributed by atoms with van der Waals surface area (Å²) in [7, 11) is 1.99. The third kappa shape index (κ3) is 6.75. The van der Waals surface area contributed by atoms with Crippen molar-refractivity contribution in [3.8, 4) is 10.6 Å². The number of fused-ring (bicyclic) bond motifs is 1. The summed E-state index contributed by atoms with van der Waals surface area (Å²) in [5, 5.41) is 32.7. The number of benzene rings is 2. The van der Waals surface area contributed by atoms with E-state index in [1.807, 2.05) is 26.1 Å². The van der Waals surface area contributed by atoms with Crippen LogP contribution in [0.2, 0.25) is 0 Å². The minimum Gasteiger partial charge on any atom is -0.475 e. The number of aromatic amines is 1. The first kappa shape index (κ1) is 25.1. The first-order chi connectivity index (χ1) is 16.2. The van der Waals surface area contributed by atoms with E-state index in [0.29, 0.717) is 6.04 Å². The number of aromatic nitrogens is 4. The van der Waals surface area contributed by atoms with Gasteiger partial charge in [0.2, 0.25) is 5.13 Å². The Labute approximate surface area is 197 Å². The molecule has 2 aromatic carbocycles. The number of carboxylic acid groups (broad SMARTS) is 1. The second-order valence-electron chi connectivity index (χ2n) is 7.34. The maximum absolute atomic E-state index is 10.6.